The maximum Gasteiger partial charge on any atom is 0.305 e. The largest absolute Gasteiger partial charge is 0.466 e. The molecular weight excluding hydrogens is 1030 g/mol. The Kier molecular flexibility index (Phi) is 57.5. The lowest BCUT2D eigenvalue weighted by Gasteiger charge is -2.40. The summed E-state index contributed by atoms with van der Waals surface area (Å²) in [5.74, 6) is -0.181. The molecule has 0 aliphatic carbocycles. The minimum absolute atomic E-state index is 0.00290. The molecule has 1 aliphatic rings. The lowest BCUT2D eigenvalue weighted by Crippen LogP contribution is -2.60. The average molecular weight is 1160 g/mol. The van der Waals surface area contributed by atoms with E-state index >= 15 is 0 Å². The minimum atomic E-state index is -1.57. The van der Waals surface area contributed by atoms with E-state index in [2.05, 4.69) is 43.5 Å². The van der Waals surface area contributed by atoms with Crippen molar-refractivity contribution < 1.29 is 49.3 Å². The van der Waals surface area contributed by atoms with Crippen molar-refractivity contribution in [1.29, 1.82) is 0 Å². The fraction of sp³-hybridized carbons (Fsp3) is 0.887. The first kappa shape index (κ1) is 77.9. The summed E-state index contributed by atoms with van der Waals surface area (Å²) in [6.07, 6.45) is 67.2. The number of carbonyl (C=O) groups excluding carboxylic acids is 2. The smallest absolute Gasteiger partial charge is 0.305 e. The van der Waals surface area contributed by atoms with Gasteiger partial charge in [0.05, 0.1) is 32.0 Å². The van der Waals surface area contributed by atoms with Crippen molar-refractivity contribution in [3.63, 3.8) is 0 Å². The molecule has 11 nitrogen and oxygen atoms in total. The lowest BCUT2D eigenvalue weighted by atomic mass is 9.99. The number of amides is 1. The first-order valence-electron chi connectivity index (χ1n) is 35.3. The molecule has 0 aromatic heterocycles. The zero-order chi connectivity index (χ0) is 59.5. The molecule has 82 heavy (non-hydrogen) atoms. The van der Waals surface area contributed by atoms with Crippen LogP contribution in [-0.4, -0.2) is 100 Å². The highest BCUT2D eigenvalue weighted by Gasteiger charge is 2.44. The van der Waals surface area contributed by atoms with E-state index in [4.69, 9.17) is 14.2 Å². The Balaban J connectivity index is 1.92. The summed E-state index contributed by atoms with van der Waals surface area (Å²) in [5, 5.41) is 54.3. The van der Waals surface area contributed by atoms with E-state index in [1.807, 2.05) is 6.08 Å². The van der Waals surface area contributed by atoms with Gasteiger partial charge in [-0.25, -0.2) is 0 Å². The number of hydrogen-bond acceptors (Lipinski definition) is 10. The molecule has 7 unspecified atom stereocenters. The molecule has 1 rings (SSSR count). The second kappa shape index (κ2) is 60.6. The molecule has 11 heteroatoms. The normalized spacial score (nSPS) is 18.4. The molecule has 482 valence electrons. The number of hydrogen-bond donors (Lipinski definition) is 6. The van der Waals surface area contributed by atoms with Crippen LogP contribution < -0.4 is 5.32 Å². The topological polar surface area (TPSA) is 175 Å². The number of allylic oxidation sites excluding steroid dienone is 5. The van der Waals surface area contributed by atoms with Crippen LogP contribution in [-0.2, 0) is 23.8 Å². The van der Waals surface area contributed by atoms with Crippen molar-refractivity contribution in [2.24, 2.45) is 0 Å². The van der Waals surface area contributed by atoms with Crippen molar-refractivity contribution in [3.05, 3.63) is 36.5 Å². The van der Waals surface area contributed by atoms with Crippen molar-refractivity contribution in [2.45, 2.75) is 384 Å². The van der Waals surface area contributed by atoms with Crippen LogP contribution in [0.5, 0.6) is 0 Å². The van der Waals surface area contributed by atoms with Crippen LogP contribution in [0.1, 0.15) is 341 Å². The van der Waals surface area contributed by atoms with E-state index in [0.29, 0.717) is 19.4 Å². The Bertz CT molecular complexity index is 1460. The zero-order valence-electron chi connectivity index (χ0n) is 53.5. The predicted octanol–water partition coefficient (Wildman–Crippen LogP) is 17.8. The van der Waals surface area contributed by atoms with E-state index < -0.39 is 49.5 Å². The fourth-order valence-electron chi connectivity index (χ4n) is 11.1. The van der Waals surface area contributed by atoms with Crippen LogP contribution in [0, 0.1) is 0 Å². The van der Waals surface area contributed by atoms with E-state index in [9.17, 15) is 35.1 Å². The molecular formula is C71H133NO10. The first-order chi connectivity index (χ1) is 40.2. The van der Waals surface area contributed by atoms with Gasteiger partial charge in [0.2, 0.25) is 5.91 Å². The number of esters is 1. The molecule has 7 atom stereocenters. The number of nitrogens with one attached hydrogen (secondary N) is 1. The van der Waals surface area contributed by atoms with E-state index in [1.165, 1.54) is 257 Å². The summed E-state index contributed by atoms with van der Waals surface area (Å²) >= 11 is 0. The van der Waals surface area contributed by atoms with Crippen molar-refractivity contribution >= 4 is 11.9 Å². The summed E-state index contributed by atoms with van der Waals surface area (Å²) in [4.78, 5) is 25.1. The third kappa shape index (κ3) is 49.0. The van der Waals surface area contributed by atoms with Gasteiger partial charge in [-0.1, -0.05) is 281 Å². The molecule has 0 bridgehead atoms. The van der Waals surface area contributed by atoms with Gasteiger partial charge in [-0.3, -0.25) is 9.59 Å². The predicted molar refractivity (Wildman–Crippen MR) is 343 cm³/mol. The van der Waals surface area contributed by atoms with E-state index in [0.717, 1.165) is 57.8 Å². The average Bonchev–Trinajstić information content (AvgIpc) is 3.63. The molecule has 1 saturated heterocycles. The van der Waals surface area contributed by atoms with Gasteiger partial charge >= 0.3 is 5.97 Å². The van der Waals surface area contributed by atoms with Gasteiger partial charge < -0.3 is 45.1 Å². The third-order valence-corrected chi connectivity index (χ3v) is 16.7. The van der Waals surface area contributed by atoms with Gasteiger partial charge in [0.1, 0.15) is 24.4 Å². The molecule has 6 N–H and O–H groups in total. The summed E-state index contributed by atoms with van der Waals surface area (Å²) < 4.78 is 16.7. The molecule has 1 fully saturated rings. The SMILES string of the molecule is CCCCCCCCC/C=C\CCCCCCCCCC(=O)OCCCCCCCCCCCCCC/C=C\CCCCCCCCCCCCCC(=O)NC(COC1OC(CO)C(O)C(O)C1O)C(O)/C=C/CCCCCCCCC. The number of carbonyl (C=O) groups is 2. The highest BCUT2D eigenvalue weighted by atomic mass is 16.7. The third-order valence-electron chi connectivity index (χ3n) is 16.7. The quantitative estimate of drug-likeness (QED) is 0.0195. The minimum Gasteiger partial charge on any atom is -0.466 e. The van der Waals surface area contributed by atoms with Crippen molar-refractivity contribution in [2.75, 3.05) is 19.8 Å². The summed E-state index contributed by atoms with van der Waals surface area (Å²) in [5.41, 5.74) is 0. The van der Waals surface area contributed by atoms with Crippen LogP contribution >= 0.6 is 0 Å². The maximum atomic E-state index is 13.0. The fourth-order valence-corrected chi connectivity index (χ4v) is 11.1. The molecule has 0 aromatic rings. The maximum absolute atomic E-state index is 13.0. The standard InChI is InChI=1S/C71H133NO10/c1-3-5-7-9-11-13-14-15-16-17-30-33-36-39-43-47-51-55-59-67(76)80-60-56-52-48-44-40-37-34-31-28-26-24-22-20-18-19-21-23-25-27-29-32-35-38-42-46-50-54-58-66(75)72-63(64(74)57-53-49-45-41-12-10-8-6-4-2)62-81-71-70(79)69(78)68(77)65(61-73)82-71/h16-19,53,57,63-65,68-71,73-74,77-79H,3-15,20-52,54-56,58-62H2,1-2H3,(H,72,75)/b17-16-,19-18-,57-53+. The number of ether oxygens (including phenoxy) is 3. The Labute approximate surface area is 504 Å². The summed E-state index contributed by atoms with van der Waals surface area (Å²) in [6.45, 7) is 4.34. The Morgan fingerprint density at radius 1 is 0.439 bits per heavy atom. The zero-order valence-corrected chi connectivity index (χ0v) is 53.5. The van der Waals surface area contributed by atoms with Crippen LogP contribution in [0.25, 0.3) is 0 Å². The van der Waals surface area contributed by atoms with E-state index in [-0.39, 0.29) is 18.5 Å². The highest BCUT2D eigenvalue weighted by Crippen LogP contribution is 2.23. The summed E-state index contributed by atoms with van der Waals surface area (Å²) in [6, 6.07) is -0.809. The molecule has 1 heterocycles. The molecule has 0 spiro atoms. The second-order valence-corrected chi connectivity index (χ2v) is 24.6. The van der Waals surface area contributed by atoms with Crippen LogP contribution in [0.3, 0.4) is 0 Å². The Morgan fingerprint density at radius 3 is 1.17 bits per heavy atom. The van der Waals surface area contributed by atoms with Crippen LogP contribution in [0.4, 0.5) is 0 Å². The first-order valence-corrected chi connectivity index (χ1v) is 35.3. The number of unbranched alkanes of at least 4 members (excludes halogenated alkanes) is 44. The number of rotatable bonds is 62. The lowest BCUT2D eigenvalue weighted by molar-refractivity contribution is -0.302. The Morgan fingerprint density at radius 2 is 0.780 bits per heavy atom. The van der Waals surface area contributed by atoms with Gasteiger partial charge in [0, 0.05) is 12.8 Å². The van der Waals surface area contributed by atoms with Crippen LogP contribution in [0.15, 0.2) is 36.5 Å². The molecule has 1 aliphatic heterocycles. The second-order valence-electron chi connectivity index (χ2n) is 24.6. The molecule has 0 saturated carbocycles. The number of aliphatic hydroxyl groups is 5. The summed E-state index contributed by atoms with van der Waals surface area (Å²) in [7, 11) is 0. The van der Waals surface area contributed by atoms with E-state index in [1.54, 1.807) is 6.08 Å². The van der Waals surface area contributed by atoms with Gasteiger partial charge in [0.15, 0.2) is 6.29 Å². The van der Waals surface area contributed by atoms with Gasteiger partial charge in [-0.15, -0.1) is 0 Å². The number of aliphatic hydroxyl groups excluding tert-OH is 5. The Hall–Kier alpha value is -2.12. The van der Waals surface area contributed by atoms with Gasteiger partial charge in [-0.05, 0) is 83.5 Å². The molecule has 0 aromatic carbocycles. The van der Waals surface area contributed by atoms with Gasteiger partial charge in [-0.2, -0.15) is 0 Å². The molecule has 0 radical (unpaired) electrons. The monoisotopic (exact) mass is 1160 g/mol. The van der Waals surface area contributed by atoms with Crippen LogP contribution in [0.2, 0.25) is 0 Å². The van der Waals surface area contributed by atoms with Gasteiger partial charge in [0.25, 0.3) is 0 Å². The van der Waals surface area contributed by atoms with Crippen molar-refractivity contribution in [3.8, 4) is 0 Å². The highest BCUT2D eigenvalue weighted by molar-refractivity contribution is 5.76. The van der Waals surface area contributed by atoms with Crippen molar-refractivity contribution in [1.82, 2.24) is 5.32 Å². The molecule has 1 amide bonds.